The van der Waals surface area contributed by atoms with Crippen molar-refractivity contribution < 1.29 is 23.1 Å². The van der Waals surface area contributed by atoms with Crippen LogP contribution in [0.1, 0.15) is 29.4 Å². The second-order valence-corrected chi connectivity index (χ2v) is 6.31. The molecule has 1 atom stereocenters. The molecule has 2 aromatic rings. The second-order valence-electron chi connectivity index (χ2n) is 6.31. The molecule has 0 radical (unpaired) electrons. The standard InChI is InChI=1S/C18H20F2N4O3/c1-3-27-17(26)14-9-22-24(11(14)2)13-6-4-5-12(7-13)23-16(25)15-8-18(19,20)10-21-15/h4-7,9,15,21H,3,8,10H2,1-2H3,(H,23,25). The van der Waals surface area contributed by atoms with E-state index < -0.39 is 36.8 Å². The molecule has 1 unspecified atom stereocenters. The number of carbonyl (C=O) groups is 2. The van der Waals surface area contributed by atoms with Crippen molar-refractivity contribution in [1.29, 1.82) is 0 Å². The average molecular weight is 378 g/mol. The number of benzene rings is 1. The molecule has 144 valence electrons. The summed E-state index contributed by atoms with van der Waals surface area (Å²) in [7, 11) is 0. The molecule has 1 fully saturated rings. The fourth-order valence-corrected chi connectivity index (χ4v) is 2.92. The summed E-state index contributed by atoms with van der Waals surface area (Å²) in [4.78, 5) is 24.1. The quantitative estimate of drug-likeness (QED) is 0.780. The molecule has 7 nitrogen and oxygen atoms in total. The van der Waals surface area contributed by atoms with E-state index >= 15 is 0 Å². The highest BCUT2D eigenvalue weighted by molar-refractivity contribution is 5.95. The number of ether oxygens (including phenoxy) is 1. The highest BCUT2D eigenvalue weighted by atomic mass is 19.3. The monoisotopic (exact) mass is 378 g/mol. The lowest BCUT2D eigenvalue weighted by Crippen LogP contribution is -2.35. The predicted molar refractivity (Wildman–Crippen MR) is 94.2 cm³/mol. The Kier molecular flexibility index (Phi) is 5.22. The largest absolute Gasteiger partial charge is 0.462 e. The number of halogens is 2. The van der Waals surface area contributed by atoms with Crippen LogP contribution < -0.4 is 10.6 Å². The third-order valence-corrected chi connectivity index (χ3v) is 4.29. The predicted octanol–water partition coefficient (Wildman–Crippen LogP) is 2.29. The molecular formula is C18H20F2N4O3. The van der Waals surface area contributed by atoms with Gasteiger partial charge in [-0.05, 0) is 32.0 Å². The van der Waals surface area contributed by atoms with Crippen LogP contribution >= 0.6 is 0 Å². The summed E-state index contributed by atoms with van der Waals surface area (Å²) in [6.07, 6.45) is 0.892. The number of aromatic nitrogens is 2. The van der Waals surface area contributed by atoms with Crippen molar-refractivity contribution in [1.82, 2.24) is 15.1 Å². The molecule has 1 aromatic carbocycles. The lowest BCUT2D eigenvalue weighted by atomic mass is 10.1. The maximum absolute atomic E-state index is 13.3. The smallest absolute Gasteiger partial charge is 0.341 e. The lowest BCUT2D eigenvalue weighted by molar-refractivity contribution is -0.118. The van der Waals surface area contributed by atoms with E-state index in [0.29, 0.717) is 22.6 Å². The summed E-state index contributed by atoms with van der Waals surface area (Å²) >= 11 is 0. The summed E-state index contributed by atoms with van der Waals surface area (Å²) < 4.78 is 33.0. The first kappa shape index (κ1) is 19.0. The normalized spacial score (nSPS) is 18.3. The van der Waals surface area contributed by atoms with Crippen molar-refractivity contribution in [2.75, 3.05) is 18.5 Å². The summed E-state index contributed by atoms with van der Waals surface area (Å²) in [5.74, 6) is -3.85. The molecule has 3 rings (SSSR count). The van der Waals surface area contributed by atoms with Crippen LogP contribution in [0, 0.1) is 6.92 Å². The van der Waals surface area contributed by atoms with Crippen LogP contribution in [0.4, 0.5) is 14.5 Å². The van der Waals surface area contributed by atoms with Crippen LogP contribution in [0.2, 0.25) is 0 Å². The van der Waals surface area contributed by atoms with E-state index in [0.717, 1.165) is 0 Å². The lowest BCUT2D eigenvalue weighted by Gasteiger charge is -2.12. The number of hydrogen-bond acceptors (Lipinski definition) is 5. The Bertz CT molecular complexity index is 866. The number of esters is 1. The van der Waals surface area contributed by atoms with E-state index in [1.165, 1.54) is 6.20 Å². The fraction of sp³-hybridized carbons (Fsp3) is 0.389. The number of nitrogens with one attached hydrogen (secondary N) is 2. The molecule has 1 saturated heterocycles. The van der Waals surface area contributed by atoms with E-state index in [4.69, 9.17) is 4.74 Å². The molecular weight excluding hydrogens is 358 g/mol. The van der Waals surface area contributed by atoms with Crippen LogP contribution in [-0.4, -0.2) is 46.8 Å². The van der Waals surface area contributed by atoms with Gasteiger partial charge in [0.2, 0.25) is 5.91 Å². The Labute approximate surface area is 154 Å². The molecule has 2 heterocycles. The maximum atomic E-state index is 13.3. The summed E-state index contributed by atoms with van der Waals surface area (Å²) in [6.45, 7) is 3.21. The van der Waals surface area contributed by atoms with Crippen molar-refractivity contribution in [3.05, 3.63) is 41.7 Å². The van der Waals surface area contributed by atoms with Gasteiger partial charge in [-0.25, -0.2) is 18.3 Å². The average Bonchev–Trinajstić information content (AvgIpc) is 3.17. The van der Waals surface area contributed by atoms with Crippen LogP contribution in [0.15, 0.2) is 30.5 Å². The van der Waals surface area contributed by atoms with Crippen LogP contribution in [0.25, 0.3) is 5.69 Å². The van der Waals surface area contributed by atoms with Crippen LogP contribution in [-0.2, 0) is 9.53 Å². The molecule has 1 aromatic heterocycles. The number of carbonyl (C=O) groups excluding carboxylic acids is 2. The number of alkyl halides is 2. The maximum Gasteiger partial charge on any atom is 0.341 e. The van der Waals surface area contributed by atoms with Crippen molar-refractivity contribution in [3.63, 3.8) is 0 Å². The van der Waals surface area contributed by atoms with Crippen molar-refractivity contribution in [3.8, 4) is 5.69 Å². The van der Waals surface area contributed by atoms with Gasteiger partial charge >= 0.3 is 5.97 Å². The fourth-order valence-electron chi connectivity index (χ4n) is 2.92. The van der Waals surface area contributed by atoms with Gasteiger partial charge in [0, 0.05) is 12.1 Å². The number of amides is 1. The molecule has 1 amide bonds. The zero-order valence-corrected chi connectivity index (χ0v) is 15.0. The van der Waals surface area contributed by atoms with E-state index in [1.54, 1.807) is 42.8 Å². The Morgan fingerprint density at radius 1 is 1.44 bits per heavy atom. The summed E-state index contributed by atoms with van der Waals surface area (Å²) in [5, 5.41) is 9.35. The van der Waals surface area contributed by atoms with Gasteiger partial charge in [-0.1, -0.05) is 6.07 Å². The second kappa shape index (κ2) is 7.43. The minimum absolute atomic E-state index is 0.263. The molecule has 0 spiro atoms. The first-order valence-electron chi connectivity index (χ1n) is 8.55. The number of nitrogens with zero attached hydrogens (tertiary/aromatic N) is 2. The van der Waals surface area contributed by atoms with Gasteiger partial charge in [-0.2, -0.15) is 5.10 Å². The van der Waals surface area contributed by atoms with E-state index in [2.05, 4.69) is 15.7 Å². The Morgan fingerprint density at radius 2 is 2.22 bits per heavy atom. The van der Waals surface area contributed by atoms with Crippen LogP contribution in [0.3, 0.4) is 0 Å². The van der Waals surface area contributed by atoms with Gasteiger partial charge in [0.25, 0.3) is 5.92 Å². The molecule has 1 aliphatic heterocycles. The van der Waals surface area contributed by atoms with Crippen molar-refractivity contribution in [2.45, 2.75) is 32.2 Å². The van der Waals surface area contributed by atoms with Gasteiger partial charge in [-0.15, -0.1) is 0 Å². The molecule has 27 heavy (non-hydrogen) atoms. The molecule has 0 bridgehead atoms. The summed E-state index contributed by atoms with van der Waals surface area (Å²) in [6, 6.07) is 5.82. The minimum Gasteiger partial charge on any atom is -0.462 e. The zero-order valence-electron chi connectivity index (χ0n) is 15.0. The first-order valence-corrected chi connectivity index (χ1v) is 8.55. The highest BCUT2D eigenvalue weighted by Gasteiger charge is 2.42. The topological polar surface area (TPSA) is 85.2 Å². The van der Waals surface area contributed by atoms with Gasteiger partial charge in [0.1, 0.15) is 5.56 Å². The number of anilines is 1. The molecule has 9 heteroatoms. The van der Waals surface area contributed by atoms with E-state index in [1.807, 2.05) is 0 Å². The Balaban J connectivity index is 1.76. The van der Waals surface area contributed by atoms with Crippen molar-refractivity contribution in [2.24, 2.45) is 0 Å². The molecule has 0 aliphatic carbocycles. The zero-order chi connectivity index (χ0) is 19.6. The number of hydrogen-bond donors (Lipinski definition) is 2. The highest BCUT2D eigenvalue weighted by Crippen LogP contribution is 2.26. The molecule has 1 aliphatic rings. The SMILES string of the molecule is CCOC(=O)c1cnn(-c2cccc(NC(=O)C3CC(F)(F)CN3)c2)c1C. The molecule has 0 saturated carbocycles. The van der Waals surface area contributed by atoms with E-state index in [9.17, 15) is 18.4 Å². The summed E-state index contributed by atoms with van der Waals surface area (Å²) in [5.41, 5.74) is 2.00. The van der Waals surface area contributed by atoms with Gasteiger partial charge in [0.05, 0.1) is 36.8 Å². The minimum atomic E-state index is -2.88. The first-order chi connectivity index (χ1) is 12.8. The molecule has 2 N–H and O–H groups in total. The Morgan fingerprint density at radius 3 is 2.89 bits per heavy atom. The van der Waals surface area contributed by atoms with Crippen LogP contribution in [0.5, 0.6) is 0 Å². The third-order valence-electron chi connectivity index (χ3n) is 4.29. The van der Waals surface area contributed by atoms with E-state index in [-0.39, 0.29) is 6.61 Å². The third kappa shape index (κ3) is 4.13. The van der Waals surface area contributed by atoms with Gasteiger partial charge in [-0.3, -0.25) is 10.1 Å². The van der Waals surface area contributed by atoms with Gasteiger partial charge < -0.3 is 10.1 Å². The van der Waals surface area contributed by atoms with Gasteiger partial charge in [0.15, 0.2) is 0 Å². The number of rotatable bonds is 5. The Hall–Kier alpha value is -2.81. The van der Waals surface area contributed by atoms with Crippen molar-refractivity contribution >= 4 is 17.6 Å².